The van der Waals surface area contributed by atoms with Gasteiger partial charge in [0.2, 0.25) is 0 Å². The third kappa shape index (κ3) is 20.5. The molecule has 336 valence electrons. The van der Waals surface area contributed by atoms with Gasteiger partial charge >= 0.3 is 0 Å². The summed E-state index contributed by atoms with van der Waals surface area (Å²) < 4.78 is 17.6. The number of rotatable bonds is 8. The second kappa shape index (κ2) is 33.8. The van der Waals surface area contributed by atoms with E-state index in [0.717, 1.165) is 26.1 Å². The van der Waals surface area contributed by atoms with Crippen molar-refractivity contribution in [3.63, 3.8) is 0 Å². The first-order valence-corrected chi connectivity index (χ1v) is 23.1. The smallest absolute Gasteiger partial charge is 0.144 e. The molecule has 0 saturated heterocycles. The highest BCUT2D eigenvalue weighted by atomic mass is 35.5. The average molecular weight is 1010 g/mol. The maximum absolute atomic E-state index is 7.49. The molecule has 2 aromatic heterocycles. The van der Waals surface area contributed by atoms with Crippen LogP contribution in [0.3, 0.4) is 0 Å². The third-order valence-electron chi connectivity index (χ3n) is 8.11. The topological polar surface area (TPSA) is 27.7 Å². The lowest BCUT2D eigenvalue weighted by Crippen LogP contribution is -2.19. The van der Waals surface area contributed by atoms with E-state index in [1.807, 2.05) is 47.2 Å². The van der Waals surface area contributed by atoms with Gasteiger partial charge in [-0.05, 0) is 170 Å². The second-order valence-electron chi connectivity index (χ2n) is 12.9. The fourth-order valence-corrected chi connectivity index (χ4v) is 7.51. The lowest BCUT2D eigenvalue weighted by molar-refractivity contribution is 0.305. The van der Waals surface area contributed by atoms with Crippen molar-refractivity contribution in [2.24, 2.45) is 0 Å². The van der Waals surface area contributed by atoms with Crippen molar-refractivity contribution < 1.29 is 14.2 Å². The van der Waals surface area contributed by atoms with Crippen LogP contribution < -0.4 is 14.2 Å². The molecule has 0 aliphatic heterocycles. The largest absolute Gasteiger partial charge is 0.489 e. The fourth-order valence-electron chi connectivity index (χ4n) is 5.24. The van der Waals surface area contributed by atoms with Gasteiger partial charge in [-0.2, -0.15) is 0 Å². The molecule has 0 unspecified atom stereocenters. The van der Waals surface area contributed by atoms with Gasteiger partial charge in [0, 0.05) is 158 Å². The highest BCUT2D eigenvalue weighted by Crippen LogP contribution is 2.47. The summed E-state index contributed by atoms with van der Waals surface area (Å²) in [6.45, 7) is 0.149. The van der Waals surface area contributed by atoms with Crippen LogP contribution in [0.15, 0.2) is 89.6 Å². The Morgan fingerprint density at radius 1 is 0.368 bits per heavy atom. The van der Waals surface area contributed by atoms with Crippen molar-refractivity contribution >= 4 is 45.0 Å². The molecule has 0 fully saturated rings. The Morgan fingerprint density at radius 3 is 1.07 bits per heavy atom. The maximum atomic E-state index is 7.49. The molecule has 2 heterocycles. The van der Waals surface area contributed by atoms with Crippen molar-refractivity contribution in [1.29, 1.82) is 0 Å². The molecular formula is C70H19ClO3S2. The van der Waals surface area contributed by atoms with Gasteiger partial charge in [-0.25, -0.2) is 0 Å². The molecule has 6 heteroatoms. The zero-order chi connectivity index (χ0) is 53.2. The Hall–Kier alpha value is -12.7. The third-order valence-corrected chi connectivity index (χ3v) is 10.9. The first-order chi connectivity index (χ1) is 37.6. The van der Waals surface area contributed by atoms with E-state index in [9.17, 15) is 0 Å². The van der Waals surface area contributed by atoms with Crippen LogP contribution in [-0.4, -0.2) is 0 Å². The number of terminal acetylenes is 2. The second-order valence-corrected chi connectivity index (χ2v) is 15.3. The highest BCUT2D eigenvalue weighted by molar-refractivity contribution is 7.12. The summed E-state index contributed by atoms with van der Waals surface area (Å²) in [5.41, 5.74) is 1.67. The van der Waals surface area contributed by atoms with Gasteiger partial charge in [0.1, 0.15) is 40.9 Å². The zero-order valence-electron chi connectivity index (χ0n) is 38.9. The van der Waals surface area contributed by atoms with E-state index in [1.165, 1.54) is 0 Å². The number of ether oxygens (including phenoxy) is 3. The van der Waals surface area contributed by atoms with Crippen molar-refractivity contribution in [2.75, 3.05) is 0 Å². The van der Waals surface area contributed by atoms with E-state index in [4.69, 9.17) is 38.7 Å². The van der Waals surface area contributed by atoms with E-state index in [0.29, 0.717) is 22.8 Å². The molecule has 5 rings (SSSR count). The molecule has 0 saturated carbocycles. The van der Waals surface area contributed by atoms with Crippen LogP contribution >= 0.6 is 34.3 Å². The molecule has 0 bridgehead atoms. The van der Waals surface area contributed by atoms with Gasteiger partial charge in [0.05, 0.1) is 0 Å². The van der Waals surface area contributed by atoms with E-state index in [2.05, 4.69) is 273 Å². The molecule has 5 aromatic rings. The quantitative estimate of drug-likeness (QED) is 0.116. The summed E-state index contributed by atoms with van der Waals surface area (Å²) in [6, 6.07) is 25.4. The molecule has 0 atom stereocenters. The van der Waals surface area contributed by atoms with Crippen LogP contribution in [0.4, 0.5) is 0 Å². The molecule has 0 aliphatic rings. The number of benzene rings is 3. The summed E-state index contributed by atoms with van der Waals surface area (Å²) >= 11 is 10.7. The first-order valence-electron chi connectivity index (χ1n) is 20.9. The van der Waals surface area contributed by atoms with Gasteiger partial charge in [-0.1, -0.05) is 30.3 Å². The molecule has 0 N–H and O–H groups in total. The Morgan fingerprint density at radius 2 is 0.711 bits per heavy atom. The Bertz CT molecular complexity index is 4330. The lowest BCUT2D eigenvalue weighted by Gasteiger charge is -2.26. The summed E-state index contributed by atoms with van der Waals surface area (Å²) in [5, 5.41) is 6.06. The van der Waals surface area contributed by atoms with E-state index in [-0.39, 0.29) is 6.61 Å². The zero-order valence-corrected chi connectivity index (χ0v) is 41.3. The summed E-state index contributed by atoms with van der Waals surface area (Å²) in [4.78, 5) is 1.29. The Balaban J connectivity index is 1.24. The molecule has 0 spiro atoms. The average Bonchev–Trinajstić information content (AvgIpc) is 4.21. The molecule has 0 aliphatic carbocycles. The Kier molecular flexibility index (Phi) is 24.1. The van der Waals surface area contributed by atoms with E-state index >= 15 is 0 Å². The molecule has 3 aromatic carbocycles. The lowest BCUT2D eigenvalue weighted by atomic mass is 9.92. The predicted octanol–water partition coefficient (Wildman–Crippen LogP) is 8.08. The van der Waals surface area contributed by atoms with Crippen LogP contribution in [0.25, 0.3) is 10.8 Å². The van der Waals surface area contributed by atoms with Gasteiger partial charge < -0.3 is 14.2 Å². The number of thiophene rings is 2. The minimum Gasteiger partial charge on any atom is -0.489 e. The number of halogens is 1. The van der Waals surface area contributed by atoms with Gasteiger partial charge in [0.15, 0.2) is 0 Å². The van der Waals surface area contributed by atoms with Crippen molar-refractivity contribution in [2.45, 2.75) is 11.5 Å². The SMILES string of the molecule is C#CC#CC#CC#CC#CC#CC#CC#CC#CC#CC#COc1cc(COc2ccc3cc(C(Cl)(c4cccs4)c4cccs4)ccc3c2)cc(OC#CC#CC#CC#CC#CC#CC#CC#CC#CC#CC#C)c1. The fraction of sp³-hybridized carbons (Fsp3) is 0.0286. The minimum atomic E-state index is -0.807. The number of fused-ring (bicyclic) bond motifs is 1. The number of hydrogen-bond acceptors (Lipinski definition) is 5. The molecule has 3 nitrogen and oxygen atoms in total. The van der Waals surface area contributed by atoms with Crippen LogP contribution in [0.2, 0.25) is 0 Å². The normalized spacial score (nSPS) is 7.30. The van der Waals surface area contributed by atoms with Crippen molar-refractivity contribution in [1.82, 2.24) is 0 Å². The van der Waals surface area contributed by atoms with Crippen LogP contribution in [0.1, 0.15) is 20.9 Å². The van der Waals surface area contributed by atoms with Gasteiger partial charge in [-0.15, -0.1) is 47.1 Å². The van der Waals surface area contributed by atoms with Crippen LogP contribution in [0.5, 0.6) is 17.2 Å². The first kappa shape index (κ1) is 54.3. The minimum absolute atomic E-state index is 0.149. The van der Waals surface area contributed by atoms with E-state index in [1.54, 1.807) is 40.9 Å². The summed E-state index contributed by atoms with van der Waals surface area (Å²) in [6.07, 6.45) is 15.1. The summed E-state index contributed by atoms with van der Waals surface area (Å²) in [7, 11) is 0. The van der Waals surface area contributed by atoms with Gasteiger partial charge in [-0.3, -0.25) is 0 Å². The van der Waals surface area contributed by atoms with Gasteiger partial charge in [0.25, 0.3) is 0 Å². The summed E-state index contributed by atoms with van der Waals surface area (Å²) in [5.74, 6) is 101. The predicted molar refractivity (Wildman–Crippen MR) is 304 cm³/mol. The molecular weight excluding hydrogens is 988 g/mol. The number of hydrogen-bond donors (Lipinski definition) is 0. The standard InChI is InChI=1S/C70H19ClO3S2/c1-3-5-7-9-11-13-15-17-19-21-23-25-27-29-31-33-35-37-39-41-51-72-66-55-61(56-67(59-66)73-52-42-40-38-36-34-32-30-28-26-24-22-20-18-16-14-12-10-8-6-4-2)60-74-65-50-48-62-57-64(49-47-63(62)58-65)70(71,68-45-43-53-75-68)69-46-44-54-76-69/h1-2,43-50,53-59H,60H2. The molecule has 0 radical (unpaired) electrons. The maximum Gasteiger partial charge on any atom is 0.144 e. The number of alkyl halides is 1. The highest BCUT2D eigenvalue weighted by Gasteiger charge is 2.36. The van der Waals surface area contributed by atoms with Crippen LogP contribution in [0, 0.1) is 262 Å². The van der Waals surface area contributed by atoms with Crippen LogP contribution in [-0.2, 0) is 11.5 Å². The van der Waals surface area contributed by atoms with Crippen molar-refractivity contribution in [3.05, 3.63) is 111 Å². The molecule has 76 heavy (non-hydrogen) atoms. The Labute approximate surface area is 457 Å². The van der Waals surface area contributed by atoms with Crippen molar-refractivity contribution in [3.8, 4) is 279 Å². The van der Waals surface area contributed by atoms with E-state index < -0.39 is 4.87 Å². The monoisotopic (exact) mass is 1010 g/mol. The molecule has 0 amide bonds.